The van der Waals surface area contributed by atoms with Crippen LogP contribution in [0.2, 0.25) is 10.0 Å². The van der Waals surface area contributed by atoms with Gasteiger partial charge in [0.1, 0.15) is 35.6 Å². The number of esters is 3. The van der Waals surface area contributed by atoms with Crippen LogP contribution in [0.3, 0.4) is 0 Å². The minimum absolute atomic E-state index is 0.0237. The number of halogens is 12. The van der Waals surface area contributed by atoms with Gasteiger partial charge in [0.15, 0.2) is 32.5 Å². The van der Waals surface area contributed by atoms with Crippen LogP contribution < -0.4 is 16.0 Å². The number of aliphatic imine (C=N–C) groups is 3. The van der Waals surface area contributed by atoms with Crippen LogP contribution in [-0.4, -0.2) is 194 Å². The van der Waals surface area contributed by atoms with Crippen molar-refractivity contribution in [2.24, 2.45) is 32.7 Å². The number of likely N-dealkylation sites (tertiary alicyclic amines) is 3. The molecule has 0 amide bonds. The Labute approximate surface area is 665 Å². The lowest BCUT2D eigenvalue weighted by atomic mass is 9.93. The Morgan fingerprint density at radius 3 is 1.10 bits per heavy atom. The van der Waals surface area contributed by atoms with Crippen molar-refractivity contribution in [1.29, 1.82) is 0 Å². The Bertz CT molecular complexity index is 4510. The van der Waals surface area contributed by atoms with Crippen molar-refractivity contribution < 1.29 is 97.8 Å². The quantitative estimate of drug-likeness (QED) is 0.0176. The maximum absolute atomic E-state index is 14.6. The van der Waals surface area contributed by atoms with Gasteiger partial charge in [0, 0.05) is 154 Å². The first-order valence-corrected chi connectivity index (χ1v) is 38.8. The van der Waals surface area contributed by atoms with Crippen molar-refractivity contribution in [3.05, 3.63) is 187 Å². The standard InChI is InChI=1S/C25H26ClF3N4O4S.C24H24BrF3N4O4S.C24H24ClF3N4O4S/c1-3-37-24(36)20-17(11-33-12-25(28,29)10-18(33)13(2)8-19(34)35)31-22(23-30-6-7-38-23)32-21(20)15-5-4-14(27)9-16(15)26;2*1-12(7-18(33)34)17-9-24(27,28)11-32(17)10-16-19(23(35)36-2)20(14-4-3-13(26)8-15(14)25)31-21(30-16)22-29-5-6-37-22/h4-7,9,13,18,21H,3,8,10-12H2,1-2H3,(H,31,32)(H,34,35);2*3-6,8,12,17,20H,7,9-11H2,1-2H3,(H,30,31)(H,33,34)/t13?,18-,21-;2*12?,17-,20-/m000/s1. The number of hydrogen-bond donors (Lipinski definition) is 6. The van der Waals surface area contributed by atoms with Crippen molar-refractivity contribution in [3.8, 4) is 0 Å². The molecule has 600 valence electrons. The van der Waals surface area contributed by atoms with Gasteiger partial charge >= 0.3 is 35.8 Å². The molecular formula is C73H74BrCl2F9N12O12S3. The number of ether oxygens (including phenoxy) is 3. The molecule has 6 aromatic rings. The Balaban J connectivity index is 0.000000178. The maximum atomic E-state index is 14.6. The number of carbonyl (C=O) groups is 6. The molecule has 6 aliphatic heterocycles. The molecule has 3 saturated heterocycles. The number of hydrogen-bond acceptors (Lipinski definition) is 24. The first kappa shape index (κ1) is 85.7. The van der Waals surface area contributed by atoms with E-state index >= 15 is 0 Å². The molecule has 3 aromatic carbocycles. The van der Waals surface area contributed by atoms with Crippen LogP contribution in [0.4, 0.5) is 39.5 Å². The van der Waals surface area contributed by atoms with Crippen molar-refractivity contribution in [1.82, 2.24) is 45.6 Å². The number of alkyl halides is 6. The number of aliphatic carboxylic acids is 3. The highest BCUT2D eigenvalue weighted by atomic mass is 79.9. The molecular weight excluding hydrogens is 1650 g/mol. The third kappa shape index (κ3) is 21.0. The van der Waals surface area contributed by atoms with E-state index in [0.29, 0.717) is 42.0 Å². The van der Waals surface area contributed by atoms with Crippen LogP contribution in [0, 0.1) is 35.2 Å². The molecule has 9 heterocycles. The van der Waals surface area contributed by atoms with E-state index in [2.05, 4.69) is 61.8 Å². The first-order chi connectivity index (χ1) is 53.0. The van der Waals surface area contributed by atoms with E-state index in [1.54, 1.807) is 62.4 Å². The molecule has 3 fully saturated rings. The van der Waals surface area contributed by atoms with E-state index in [4.69, 9.17) is 37.4 Å². The van der Waals surface area contributed by atoms with Gasteiger partial charge in [0.05, 0.1) is 57.2 Å². The van der Waals surface area contributed by atoms with Crippen molar-refractivity contribution in [2.45, 2.75) is 120 Å². The zero-order chi connectivity index (χ0) is 81.4. The minimum atomic E-state index is -3.04. The van der Waals surface area contributed by atoms with E-state index in [0.717, 1.165) is 12.1 Å². The van der Waals surface area contributed by atoms with Gasteiger partial charge < -0.3 is 45.5 Å². The molecule has 0 spiro atoms. The van der Waals surface area contributed by atoms with Gasteiger partial charge in [-0.05, 0) is 66.6 Å². The molecule has 3 unspecified atom stereocenters. The Kier molecular flexibility index (Phi) is 28.0. The van der Waals surface area contributed by atoms with Crippen LogP contribution in [0.1, 0.15) is 116 Å². The number of carbonyl (C=O) groups excluding carboxylic acids is 3. The zero-order valence-corrected chi connectivity index (χ0v) is 65.9. The van der Waals surface area contributed by atoms with E-state index in [1.165, 1.54) is 105 Å². The number of amidine groups is 3. The second-order valence-corrected chi connectivity index (χ2v) is 31.6. The van der Waals surface area contributed by atoms with Crippen molar-refractivity contribution in [2.75, 3.05) is 60.1 Å². The summed E-state index contributed by atoms with van der Waals surface area (Å²) in [5.41, 5.74) is 2.02. The molecule has 39 heteroatoms. The fourth-order valence-corrected chi connectivity index (χ4v) is 17.2. The highest BCUT2D eigenvalue weighted by molar-refractivity contribution is 9.10. The smallest absolute Gasteiger partial charge is 0.338 e. The summed E-state index contributed by atoms with van der Waals surface area (Å²) in [5.74, 6) is -17.1. The summed E-state index contributed by atoms with van der Waals surface area (Å²) in [6.45, 7) is 4.29. The van der Waals surface area contributed by atoms with Crippen LogP contribution in [0.25, 0.3) is 0 Å². The largest absolute Gasteiger partial charge is 0.481 e. The normalized spacial score (nSPS) is 22.3. The summed E-state index contributed by atoms with van der Waals surface area (Å²) in [4.78, 5) is 104. The molecule has 0 radical (unpaired) electrons. The van der Waals surface area contributed by atoms with Gasteiger partial charge in [-0.15, -0.1) is 34.0 Å². The number of nitrogens with zero attached hydrogens (tertiary/aromatic N) is 9. The first-order valence-electron chi connectivity index (χ1n) is 34.6. The Morgan fingerprint density at radius 1 is 0.518 bits per heavy atom. The van der Waals surface area contributed by atoms with Gasteiger partial charge in [-0.1, -0.05) is 78.1 Å². The molecule has 6 N–H and O–H groups in total. The van der Waals surface area contributed by atoms with E-state index < -0.39 is 164 Å². The van der Waals surface area contributed by atoms with Crippen LogP contribution in [0.5, 0.6) is 0 Å². The second-order valence-electron chi connectivity index (χ2n) is 27.2. The second kappa shape index (κ2) is 36.6. The molecule has 6 aliphatic rings. The lowest BCUT2D eigenvalue weighted by Crippen LogP contribution is -2.43. The molecule has 3 aromatic heterocycles. The fourth-order valence-electron chi connectivity index (χ4n) is 14.3. The van der Waals surface area contributed by atoms with Gasteiger partial charge in [-0.25, -0.2) is 68.8 Å². The highest BCUT2D eigenvalue weighted by Gasteiger charge is 2.52. The number of thiazole rings is 3. The lowest BCUT2D eigenvalue weighted by Gasteiger charge is -2.33. The molecule has 24 nitrogen and oxygen atoms in total. The number of carboxylic acid groups (broad SMARTS) is 3. The number of rotatable bonds is 25. The average Bonchev–Trinajstić information content (AvgIpc) is 1.39. The molecule has 0 bridgehead atoms. The predicted octanol–water partition coefficient (Wildman–Crippen LogP) is 13.3. The average molecular weight is 1730 g/mol. The third-order valence-electron chi connectivity index (χ3n) is 19.1. The summed E-state index contributed by atoms with van der Waals surface area (Å²) in [6.07, 6.45) is 2.35. The molecule has 12 rings (SSSR count). The monoisotopic (exact) mass is 1730 g/mol. The number of benzene rings is 3. The summed E-state index contributed by atoms with van der Waals surface area (Å²) >= 11 is 19.9. The van der Waals surface area contributed by atoms with E-state index in [9.17, 15) is 83.6 Å². The van der Waals surface area contributed by atoms with Crippen LogP contribution in [-0.2, 0) is 43.0 Å². The molecule has 112 heavy (non-hydrogen) atoms. The molecule has 0 aliphatic carbocycles. The Hall–Kier alpha value is -8.69. The number of aromatic nitrogens is 3. The van der Waals surface area contributed by atoms with Gasteiger partial charge in [-0.2, -0.15) is 0 Å². The number of methoxy groups -OCH3 is 2. The van der Waals surface area contributed by atoms with Gasteiger partial charge in [0.2, 0.25) is 0 Å². The topological polar surface area (TPSA) is 312 Å². The van der Waals surface area contributed by atoms with E-state index in [-0.39, 0.29) is 101 Å². The number of nitrogens with one attached hydrogen (secondary N) is 3. The minimum Gasteiger partial charge on any atom is -0.481 e. The van der Waals surface area contributed by atoms with E-state index in [1.807, 2.05) is 0 Å². The van der Waals surface area contributed by atoms with Gasteiger partial charge in [-0.3, -0.25) is 44.1 Å². The van der Waals surface area contributed by atoms with Crippen molar-refractivity contribution in [3.63, 3.8) is 0 Å². The lowest BCUT2D eigenvalue weighted by molar-refractivity contribution is -0.139. The van der Waals surface area contributed by atoms with Crippen LogP contribution in [0.15, 0.2) is 143 Å². The highest BCUT2D eigenvalue weighted by Crippen LogP contribution is 2.45. The van der Waals surface area contributed by atoms with Crippen LogP contribution >= 0.6 is 73.1 Å². The summed E-state index contributed by atoms with van der Waals surface area (Å²) < 4.78 is 145. The predicted molar refractivity (Wildman–Crippen MR) is 401 cm³/mol. The van der Waals surface area contributed by atoms with Gasteiger partial charge in [0.25, 0.3) is 17.8 Å². The Morgan fingerprint density at radius 2 is 0.821 bits per heavy atom. The van der Waals surface area contributed by atoms with Crippen molar-refractivity contribution >= 4 is 126 Å². The number of carboxylic acids is 3. The summed E-state index contributed by atoms with van der Waals surface area (Å²) in [7, 11) is 2.38. The third-order valence-corrected chi connectivity index (χ3v) is 22.8. The molecule has 9 atom stereocenters. The SMILES string of the molecule is CCOC(=O)C1=C(CN2CC(F)(F)C[C@H]2C(C)CC(=O)O)NC(c2nccs2)=N[C@H]1c1ccc(F)cc1Cl.COC(=O)C1=C(CN2CC(F)(F)C[C@H]2C(C)CC(=O)O)NC(c2nccs2)=N[C@H]1c1ccc(F)cc1Br.COC(=O)C1=C(CN2CC(F)(F)C[C@H]2C(C)CC(=O)O)NC(c2nccs2)=N[C@H]1c1ccc(F)cc1Cl. The fraction of sp³-hybridized carbons (Fsp3) is 0.425. The maximum Gasteiger partial charge on any atom is 0.338 e. The molecule has 0 saturated carbocycles. The summed E-state index contributed by atoms with van der Waals surface area (Å²) in [5, 5.41) is 43.7. The zero-order valence-electron chi connectivity index (χ0n) is 60.3. The summed E-state index contributed by atoms with van der Waals surface area (Å²) in [6, 6.07) is 6.08.